The Morgan fingerprint density at radius 3 is 2.94 bits per heavy atom. The van der Waals surface area contributed by atoms with Crippen LogP contribution >= 0.6 is 22.9 Å². The van der Waals surface area contributed by atoms with E-state index in [0.717, 1.165) is 4.88 Å². The first-order valence-electron chi connectivity index (χ1n) is 4.88. The second-order valence-corrected chi connectivity index (χ2v) is 5.09. The second kappa shape index (κ2) is 5.19. The Kier molecular flexibility index (Phi) is 3.63. The summed E-state index contributed by atoms with van der Waals surface area (Å²) in [4.78, 5) is 14.8. The van der Waals surface area contributed by atoms with Crippen LogP contribution in [-0.2, 0) is 6.54 Å². The summed E-state index contributed by atoms with van der Waals surface area (Å²) < 4.78 is 0.448. The lowest BCUT2D eigenvalue weighted by atomic mass is 10.2. The van der Waals surface area contributed by atoms with Crippen molar-refractivity contribution in [2.75, 3.05) is 5.32 Å². The van der Waals surface area contributed by atoms with Gasteiger partial charge in [-0.05, 0) is 12.1 Å². The third kappa shape index (κ3) is 2.88. The number of thiazole rings is 1. The van der Waals surface area contributed by atoms with Crippen molar-refractivity contribution in [3.8, 4) is 5.75 Å². The topological polar surface area (TPSA) is 88.3 Å². The van der Waals surface area contributed by atoms with Crippen LogP contribution in [0.3, 0.4) is 0 Å². The monoisotopic (exact) mass is 285 g/mol. The quantitative estimate of drug-likeness (QED) is 0.512. The van der Waals surface area contributed by atoms with E-state index in [9.17, 15) is 15.2 Å². The maximum Gasteiger partial charge on any atom is 0.312 e. The highest BCUT2D eigenvalue weighted by molar-refractivity contribution is 7.15. The molecule has 0 saturated heterocycles. The van der Waals surface area contributed by atoms with E-state index >= 15 is 0 Å². The molecule has 0 atom stereocenters. The predicted molar refractivity (Wildman–Crippen MR) is 69.2 cm³/mol. The lowest BCUT2D eigenvalue weighted by Gasteiger charge is -2.04. The fraction of sp³-hybridized carbons (Fsp3) is 0.100. The van der Waals surface area contributed by atoms with Gasteiger partial charge in [-0.15, -0.1) is 11.3 Å². The summed E-state index contributed by atoms with van der Waals surface area (Å²) in [6.45, 7) is 0.465. The maximum absolute atomic E-state index is 10.6. The van der Waals surface area contributed by atoms with Crippen LogP contribution in [0.4, 0.5) is 11.4 Å². The average Bonchev–Trinajstić information content (AvgIpc) is 2.74. The molecule has 1 heterocycles. The number of hydrogen-bond donors (Lipinski definition) is 2. The summed E-state index contributed by atoms with van der Waals surface area (Å²) in [5.74, 6) is -0.355. The molecule has 0 aliphatic rings. The zero-order valence-corrected chi connectivity index (χ0v) is 10.5. The molecule has 0 unspecified atom stereocenters. The molecule has 1 aromatic carbocycles. The number of phenols is 1. The first-order chi connectivity index (χ1) is 8.56. The van der Waals surface area contributed by atoms with Crippen LogP contribution in [0, 0.1) is 10.1 Å². The van der Waals surface area contributed by atoms with E-state index in [0.29, 0.717) is 16.7 Å². The highest BCUT2D eigenvalue weighted by Gasteiger charge is 2.13. The number of nitrogens with one attached hydrogen (secondary N) is 1. The second-order valence-electron chi connectivity index (χ2n) is 3.39. The third-order valence-electron chi connectivity index (χ3n) is 2.16. The van der Waals surface area contributed by atoms with E-state index in [2.05, 4.69) is 10.3 Å². The van der Waals surface area contributed by atoms with Crippen molar-refractivity contribution in [1.82, 2.24) is 4.98 Å². The number of nitro benzene ring substituents is 1. The van der Waals surface area contributed by atoms with Crippen LogP contribution in [0.25, 0.3) is 0 Å². The number of rotatable bonds is 4. The summed E-state index contributed by atoms with van der Waals surface area (Å²) in [7, 11) is 0. The number of aromatic nitrogens is 1. The van der Waals surface area contributed by atoms with Gasteiger partial charge in [-0.1, -0.05) is 11.6 Å². The number of hydrogen-bond acceptors (Lipinski definition) is 6. The number of aromatic hydroxyl groups is 1. The minimum Gasteiger partial charge on any atom is -0.502 e. The lowest BCUT2D eigenvalue weighted by molar-refractivity contribution is -0.385. The van der Waals surface area contributed by atoms with Crippen molar-refractivity contribution >= 4 is 34.3 Å². The maximum atomic E-state index is 10.6. The third-order valence-corrected chi connectivity index (χ3v) is 3.28. The molecule has 0 bridgehead atoms. The number of phenolic OH excluding ortho intramolecular Hbond substituents is 1. The standard InChI is InChI=1S/C10H8ClN3O3S/c11-10-13-5-7(18-10)4-12-6-1-2-9(15)8(3-6)14(16)17/h1-3,5,12,15H,4H2. The SMILES string of the molecule is O=[N+]([O-])c1cc(NCc2cnc(Cl)s2)ccc1O. The Morgan fingerprint density at radius 1 is 1.56 bits per heavy atom. The van der Waals surface area contributed by atoms with Crippen molar-refractivity contribution in [3.05, 3.63) is 43.9 Å². The van der Waals surface area contributed by atoms with Gasteiger partial charge in [0.1, 0.15) is 0 Å². The number of nitro groups is 1. The number of nitrogens with zero attached hydrogens (tertiary/aromatic N) is 2. The van der Waals surface area contributed by atoms with Crippen molar-refractivity contribution in [1.29, 1.82) is 0 Å². The van der Waals surface area contributed by atoms with Crippen molar-refractivity contribution in [2.24, 2.45) is 0 Å². The van der Waals surface area contributed by atoms with Gasteiger partial charge in [0.05, 0.1) is 11.5 Å². The first-order valence-corrected chi connectivity index (χ1v) is 6.07. The smallest absolute Gasteiger partial charge is 0.312 e. The van der Waals surface area contributed by atoms with E-state index in [1.807, 2.05) is 0 Å². The van der Waals surface area contributed by atoms with Crippen LogP contribution in [0.2, 0.25) is 4.47 Å². The zero-order chi connectivity index (χ0) is 13.1. The molecule has 0 fully saturated rings. The Hall–Kier alpha value is -1.86. The molecule has 0 spiro atoms. The minimum absolute atomic E-state index is 0.331. The van der Waals surface area contributed by atoms with Gasteiger partial charge < -0.3 is 10.4 Å². The molecule has 2 rings (SSSR count). The number of halogens is 1. The molecule has 2 aromatic rings. The Labute approximate surface area is 111 Å². The summed E-state index contributed by atoms with van der Waals surface area (Å²) in [5, 5.41) is 22.9. The van der Waals surface area contributed by atoms with Crippen LogP contribution in [-0.4, -0.2) is 15.0 Å². The number of anilines is 1. The van der Waals surface area contributed by atoms with Crippen molar-refractivity contribution in [2.45, 2.75) is 6.54 Å². The van der Waals surface area contributed by atoms with Gasteiger partial charge in [-0.3, -0.25) is 10.1 Å². The van der Waals surface area contributed by atoms with Gasteiger partial charge in [0.15, 0.2) is 10.2 Å². The van der Waals surface area contributed by atoms with Gasteiger partial charge in [-0.25, -0.2) is 4.98 Å². The summed E-state index contributed by atoms with van der Waals surface area (Å²) in [5.41, 5.74) is 0.214. The fourth-order valence-corrected chi connectivity index (χ4v) is 2.25. The number of benzene rings is 1. The molecule has 0 saturated carbocycles. The van der Waals surface area contributed by atoms with Crippen LogP contribution in [0.15, 0.2) is 24.4 Å². The lowest BCUT2D eigenvalue weighted by Crippen LogP contribution is -1.98. The molecule has 2 N–H and O–H groups in total. The van der Waals surface area contributed by atoms with Gasteiger partial charge in [-0.2, -0.15) is 0 Å². The summed E-state index contributed by atoms with van der Waals surface area (Å²) in [6, 6.07) is 4.11. The Balaban J connectivity index is 2.10. The molecule has 0 amide bonds. The van der Waals surface area contributed by atoms with Gasteiger partial charge >= 0.3 is 5.69 Å². The molecule has 94 valence electrons. The van der Waals surface area contributed by atoms with E-state index in [1.54, 1.807) is 12.3 Å². The molecule has 0 aliphatic heterocycles. The van der Waals surface area contributed by atoms with Crippen LogP contribution < -0.4 is 5.32 Å². The first kappa shape index (κ1) is 12.6. The summed E-state index contributed by atoms with van der Waals surface area (Å²) >= 11 is 7.02. The molecular formula is C10H8ClN3O3S. The van der Waals surface area contributed by atoms with E-state index in [-0.39, 0.29) is 11.4 Å². The predicted octanol–water partition coefficient (Wildman–Crippen LogP) is 3.02. The molecular weight excluding hydrogens is 278 g/mol. The minimum atomic E-state index is -0.635. The molecule has 18 heavy (non-hydrogen) atoms. The molecule has 0 aliphatic carbocycles. The van der Waals surface area contributed by atoms with E-state index in [1.165, 1.54) is 23.5 Å². The zero-order valence-electron chi connectivity index (χ0n) is 8.96. The normalized spacial score (nSPS) is 10.3. The largest absolute Gasteiger partial charge is 0.502 e. The molecule has 8 heteroatoms. The van der Waals surface area contributed by atoms with Crippen LogP contribution in [0.5, 0.6) is 5.75 Å². The van der Waals surface area contributed by atoms with Crippen molar-refractivity contribution < 1.29 is 10.0 Å². The summed E-state index contributed by atoms with van der Waals surface area (Å²) in [6.07, 6.45) is 1.63. The fourth-order valence-electron chi connectivity index (χ4n) is 1.33. The molecule has 0 radical (unpaired) electrons. The highest BCUT2D eigenvalue weighted by Crippen LogP contribution is 2.29. The molecule has 1 aromatic heterocycles. The van der Waals surface area contributed by atoms with Crippen molar-refractivity contribution in [3.63, 3.8) is 0 Å². The van der Waals surface area contributed by atoms with Gasteiger partial charge in [0, 0.05) is 22.8 Å². The van der Waals surface area contributed by atoms with E-state index in [4.69, 9.17) is 11.6 Å². The Morgan fingerprint density at radius 2 is 2.33 bits per heavy atom. The highest BCUT2D eigenvalue weighted by atomic mass is 35.5. The van der Waals surface area contributed by atoms with Crippen LogP contribution in [0.1, 0.15) is 4.88 Å². The Bertz CT molecular complexity index is 587. The van der Waals surface area contributed by atoms with Gasteiger partial charge in [0.25, 0.3) is 0 Å². The average molecular weight is 286 g/mol. The molecule has 6 nitrogen and oxygen atoms in total. The van der Waals surface area contributed by atoms with Gasteiger partial charge in [0.2, 0.25) is 0 Å². The van der Waals surface area contributed by atoms with E-state index < -0.39 is 4.92 Å².